The molecule has 3 N–H and O–H groups in total. The third kappa shape index (κ3) is 3.19. The van der Waals surface area contributed by atoms with E-state index >= 15 is 0 Å². The summed E-state index contributed by atoms with van der Waals surface area (Å²) in [5, 5.41) is 21.7. The number of amides is 1. The third-order valence-corrected chi connectivity index (χ3v) is 3.97. The SMILES string of the molecule is Cc1cc(C(=O)NCCn2cnnc2C2CC2)c(N)c([N+](=O)[O-])c1. The zero-order valence-corrected chi connectivity index (χ0v) is 13.2. The number of hydrogen-bond donors (Lipinski definition) is 2. The van der Waals surface area contributed by atoms with Crippen molar-refractivity contribution in [1.29, 1.82) is 0 Å². The van der Waals surface area contributed by atoms with Crippen LogP contribution in [0.15, 0.2) is 18.5 Å². The van der Waals surface area contributed by atoms with E-state index in [1.807, 2.05) is 4.57 Å². The van der Waals surface area contributed by atoms with Crippen LogP contribution >= 0.6 is 0 Å². The number of hydrogen-bond acceptors (Lipinski definition) is 6. The van der Waals surface area contributed by atoms with Crippen molar-refractivity contribution in [2.45, 2.75) is 32.2 Å². The smallest absolute Gasteiger partial charge is 0.293 e. The second-order valence-corrected chi connectivity index (χ2v) is 5.92. The Kier molecular flexibility index (Phi) is 4.15. The van der Waals surface area contributed by atoms with Crippen LogP contribution in [0.5, 0.6) is 0 Å². The number of carbonyl (C=O) groups is 1. The molecule has 9 heteroatoms. The molecular weight excluding hydrogens is 312 g/mol. The fourth-order valence-corrected chi connectivity index (χ4v) is 2.60. The average Bonchev–Trinajstić information content (AvgIpc) is 3.28. The van der Waals surface area contributed by atoms with E-state index in [2.05, 4.69) is 15.5 Å². The molecule has 126 valence electrons. The summed E-state index contributed by atoms with van der Waals surface area (Å²) in [5.74, 6) is 0.980. The van der Waals surface area contributed by atoms with Crippen molar-refractivity contribution in [2.24, 2.45) is 0 Å². The standard InChI is InChI=1S/C15H18N6O3/c1-9-6-11(13(16)12(7-9)21(23)24)15(22)17-4-5-20-8-18-19-14(20)10-2-3-10/h6-8,10H,2-5,16H2,1H3,(H,17,22). The van der Waals surface area contributed by atoms with Crippen LogP contribution < -0.4 is 11.1 Å². The van der Waals surface area contributed by atoms with Gasteiger partial charge in [-0.25, -0.2) is 0 Å². The summed E-state index contributed by atoms with van der Waals surface area (Å²) in [4.78, 5) is 22.7. The number of aromatic nitrogens is 3. The van der Waals surface area contributed by atoms with Crippen LogP contribution in [-0.4, -0.2) is 32.1 Å². The molecule has 1 aliphatic carbocycles. The first-order chi connectivity index (χ1) is 11.5. The van der Waals surface area contributed by atoms with Gasteiger partial charge in [-0.05, 0) is 31.4 Å². The summed E-state index contributed by atoms with van der Waals surface area (Å²) in [6, 6.07) is 2.90. The van der Waals surface area contributed by atoms with Gasteiger partial charge < -0.3 is 15.6 Å². The Morgan fingerprint density at radius 2 is 2.25 bits per heavy atom. The first-order valence-electron chi connectivity index (χ1n) is 7.67. The van der Waals surface area contributed by atoms with Crippen molar-refractivity contribution in [2.75, 3.05) is 12.3 Å². The molecule has 1 fully saturated rings. The second kappa shape index (κ2) is 6.26. The lowest BCUT2D eigenvalue weighted by atomic mass is 10.1. The Morgan fingerprint density at radius 3 is 2.92 bits per heavy atom. The highest BCUT2D eigenvalue weighted by Gasteiger charge is 2.28. The maximum atomic E-state index is 12.3. The van der Waals surface area contributed by atoms with Gasteiger partial charge in [-0.3, -0.25) is 14.9 Å². The Bertz CT molecular complexity index is 797. The van der Waals surface area contributed by atoms with E-state index in [4.69, 9.17) is 5.73 Å². The van der Waals surface area contributed by atoms with Crippen molar-refractivity contribution in [3.05, 3.63) is 45.5 Å². The van der Waals surface area contributed by atoms with Crippen LogP contribution in [0.1, 0.15) is 40.5 Å². The van der Waals surface area contributed by atoms with E-state index in [1.165, 1.54) is 6.07 Å². The summed E-state index contributed by atoms with van der Waals surface area (Å²) in [6.45, 7) is 2.58. The molecule has 1 aliphatic rings. The number of anilines is 1. The zero-order valence-electron chi connectivity index (χ0n) is 13.2. The van der Waals surface area contributed by atoms with Crippen molar-refractivity contribution in [3.8, 4) is 0 Å². The molecule has 2 aromatic rings. The number of rotatable bonds is 6. The average molecular weight is 330 g/mol. The molecule has 1 saturated carbocycles. The van der Waals surface area contributed by atoms with Crippen LogP contribution in [0.3, 0.4) is 0 Å². The van der Waals surface area contributed by atoms with Gasteiger partial charge in [0.2, 0.25) is 0 Å². The first-order valence-corrected chi connectivity index (χ1v) is 7.67. The van der Waals surface area contributed by atoms with Crippen LogP contribution in [0, 0.1) is 17.0 Å². The number of aryl methyl sites for hydroxylation is 1. The van der Waals surface area contributed by atoms with Crippen molar-refractivity contribution < 1.29 is 9.72 Å². The van der Waals surface area contributed by atoms with Gasteiger partial charge >= 0.3 is 0 Å². The van der Waals surface area contributed by atoms with E-state index in [0.717, 1.165) is 18.7 Å². The lowest BCUT2D eigenvalue weighted by molar-refractivity contribution is -0.384. The van der Waals surface area contributed by atoms with Gasteiger partial charge in [0.15, 0.2) is 0 Å². The minimum atomic E-state index is -0.585. The second-order valence-electron chi connectivity index (χ2n) is 5.92. The highest BCUT2D eigenvalue weighted by atomic mass is 16.6. The van der Waals surface area contributed by atoms with Crippen LogP contribution in [-0.2, 0) is 6.54 Å². The number of nitrogens with two attached hydrogens (primary N) is 1. The van der Waals surface area contributed by atoms with Crippen LogP contribution in [0.2, 0.25) is 0 Å². The van der Waals surface area contributed by atoms with Gasteiger partial charge in [0, 0.05) is 25.1 Å². The number of nitrogens with zero attached hydrogens (tertiary/aromatic N) is 4. The Balaban J connectivity index is 1.67. The van der Waals surface area contributed by atoms with Gasteiger partial charge in [0.25, 0.3) is 11.6 Å². The Labute approximate surface area is 138 Å². The molecule has 1 amide bonds. The Morgan fingerprint density at radius 1 is 1.50 bits per heavy atom. The van der Waals surface area contributed by atoms with Gasteiger partial charge in [-0.1, -0.05) is 0 Å². The summed E-state index contributed by atoms with van der Waals surface area (Å²) >= 11 is 0. The minimum Gasteiger partial charge on any atom is -0.393 e. The molecule has 0 spiro atoms. The molecule has 3 rings (SSSR count). The van der Waals surface area contributed by atoms with Crippen LogP contribution in [0.4, 0.5) is 11.4 Å². The molecule has 0 unspecified atom stereocenters. The number of benzene rings is 1. The molecule has 24 heavy (non-hydrogen) atoms. The fraction of sp³-hybridized carbons (Fsp3) is 0.400. The number of nitrogen functional groups attached to an aromatic ring is 1. The number of nitro groups is 1. The van der Waals surface area contributed by atoms with E-state index in [1.54, 1.807) is 19.3 Å². The van der Waals surface area contributed by atoms with Gasteiger partial charge in [-0.2, -0.15) is 0 Å². The van der Waals surface area contributed by atoms with Gasteiger partial charge in [-0.15, -0.1) is 10.2 Å². The quantitative estimate of drug-likeness (QED) is 0.468. The van der Waals surface area contributed by atoms with Crippen molar-refractivity contribution in [1.82, 2.24) is 20.1 Å². The fourth-order valence-electron chi connectivity index (χ4n) is 2.60. The predicted molar refractivity (Wildman–Crippen MR) is 86.6 cm³/mol. The summed E-state index contributed by atoms with van der Waals surface area (Å²) < 4.78 is 1.92. The normalized spacial score (nSPS) is 13.7. The summed E-state index contributed by atoms with van der Waals surface area (Å²) in [5.41, 5.74) is 6.12. The topological polar surface area (TPSA) is 129 Å². The van der Waals surface area contributed by atoms with E-state index in [-0.39, 0.29) is 16.9 Å². The highest BCUT2D eigenvalue weighted by molar-refractivity contribution is 6.01. The number of carbonyl (C=O) groups excluding carboxylic acids is 1. The zero-order chi connectivity index (χ0) is 17.3. The van der Waals surface area contributed by atoms with E-state index in [0.29, 0.717) is 24.6 Å². The molecule has 0 bridgehead atoms. The number of nitrogens with one attached hydrogen (secondary N) is 1. The number of nitro benzene ring substituents is 1. The lowest BCUT2D eigenvalue weighted by Gasteiger charge is -2.10. The van der Waals surface area contributed by atoms with Gasteiger partial charge in [0.05, 0.1) is 10.5 Å². The Hall–Kier alpha value is -2.97. The van der Waals surface area contributed by atoms with Crippen LogP contribution in [0.25, 0.3) is 0 Å². The summed E-state index contributed by atoms with van der Waals surface area (Å²) in [7, 11) is 0. The third-order valence-electron chi connectivity index (χ3n) is 3.97. The molecule has 0 radical (unpaired) electrons. The molecule has 1 heterocycles. The first kappa shape index (κ1) is 15.9. The molecule has 1 aromatic heterocycles. The van der Waals surface area contributed by atoms with E-state index in [9.17, 15) is 14.9 Å². The molecule has 9 nitrogen and oxygen atoms in total. The molecule has 0 saturated heterocycles. The predicted octanol–water partition coefficient (Wildman–Crippen LogP) is 1.38. The van der Waals surface area contributed by atoms with Crippen molar-refractivity contribution >= 4 is 17.3 Å². The van der Waals surface area contributed by atoms with Crippen molar-refractivity contribution in [3.63, 3.8) is 0 Å². The minimum absolute atomic E-state index is 0.118. The largest absolute Gasteiger partial charge is 0.393 e. The molecule has 1 aromatic carbocycles. The monoisotopic (exact) mass is 330 g/mol. The molecule has 0 aliphatic heterocycles. The summed E-state index contributed by atoms with van der Waals surface area (Å²) in [6.07, 6.45) is 3.88. The molecule has 0 atom stereocenters. The maximum absolute atomic E-state index is 12.3. The lowest BCUT2D eigenvalue weighted by Crippen LogP contribution is -2.28. The highest BCUT2D eigenvalue weighted by Crippen LogP contribution is 2.38. The van der Waals surface area contributed by atoms with E-state index < -0.39 is 10.8 Å². The molecular formula is C15H18N6O3. The maximum Gasteiger partial charge on any atom is 0.293 e. The van der Waals surface area contributed by atoms with Gasteiger partial charge in [0.1, 0.15) is 17.8 Å².